The summed E-state index contributed by atoms with van der Waals surface area (Å²) in [6.07, 6.45) is 6.16. The van der Waals surface area contributed by atoms with Gasteiger partial charge in [0.2, 0.25) is 0 Å². The van der Waals surface area contributed by atoms with Gasteiger partial charge in [-0.3, -0.25) is 5.01 Å². The largest absolute Gasteiger partial charge is 0.496 e. The van der Waals surface area contributed by atoms with Crippen LogP contribution in [0.25, 0.3) is 0 Å². The molecule has 1 heterocycles. The Morgan fingerprint density at radius 3 is 2.67 bits per heavy atom. The molecule has 21 heavy (non-hydrogen) atoms. The van der Waals surface area contributed by atoms with E-state index >= 15 is 0 Å². The molecule has 0 bridgehead atoms. The van der Waals surface area contributed by atoms with Gasteiger partial charge in [0.1, 0.15) is 5.75 Å². The first-order valence-electron chi connectivity index (χ1n) is 7.91. The highest BCUT2D eigenvalue weighted by atomic mass is 16.5. The van der Waals surface area contributed by atoms with Crippen molar-refractivity contribution in [2.45, 2.75) is 38.0 Å². The van der Waals surface area contributed by atoms with Gasteiger partial charge in [0, 0.05) is 43.4 Å². The molecule has 2 atom stereocenters. The molecule has 2 N–H and O–H groups in total. The van der Waals surface area contributed by atoms with Crippen molar-refractivity contribution in [3.8, 4) is 5.75 Å². The molecule has 3 rings (SSSR count). The highest BCUT2D eigenvalue weighted by molar-refractivity contribution is 5.89. The Bertz CT molecular complexity index is 541. The summed E-state index contributed by atoms with van der Waals surface area (Å²) in [5.74, 6) is 2.00. The average Bonchev–Trinajstić information content (AvgIpc) is 2.93. The molecule has 0 radical (unpaired) electrons. The lowest BCUT2D eigenvalue weighted by molar-refractivity contribution is 0.354. The van der Waals surface area contributed by atoms with Crippen LogP contribution in [0.15, 0.2) is 23.3 Å². The third kappa shape index (κ3) is 2.85. The zero-order valence-electron chi connectivity index (χ0n) is 13.0. The lowest BCUT2D eigenvalue weighted by atomic mass is 9.72. The molecule has 1 fully saturated rings. The predicted molar refractivity (Wildman–Crippen MR) is 86.8 cm³/mol. The van der Waals surface area contributed by atoms with Crippen molar-refractivity contribution in [3.05, 3.63) is 23.8 Å². The van der Waals surface area contributed by atoms with Crippen molar-refractivity contribution >= 4 is 11.4 Å². The summed E-state index contributed by atoms with van der Waals surface area (Å²) in [5.41, 5.74) is 9.34. The second-order valence-electron chi connectivity index (χ2n) is 6.22. The first kappa shape index (κ1) is 14.2. The molecule has 0 saturated heterocycles. The van der Waals surface area contributed by atoms with Crippen molar-refractivity contribution in [2.75, 3.05) is 26.4 Å². The molecule has 4 nitrogen and oxygen atoms in total. The van der Waals surface area contributed by atoms with Gasteiger partial charge in [-0.05, 0) is 30.4 Å². The summed E-state index contributed by atoms with van der Waals surface area (Å²) in [6.45, 7) is 1.05. The molecular formula is C17H25N3O. The molecule has 0 aromatic heterocycles. The van der Waals surface area contributed by atoms with Crippen LogP contribution in [0, 0.1) is 5.92 Å². The van der Waals surface area contributed by atoms with Gasteiger partial charge in [0.05, 0.1) is 7.11 Å². The van der Waals surface area contributed by atoms with Gasteiger partial charge in [0.25, 0.3) is 0 Å². The maximum atomic E-state index is 5.90. The van der Waals surface area contributed by atoms with Crippen molar-refractivity contribution in [1.29, 1.82) is 0 Å². The Labute approximate surface area is 127 Å². The number of nitrogens with zero attached hydrogens (tertiary/aromatic N) is 2. The minimum Gasteiger partial charge on any atom is -0.496 e. The van der Waals surface area contributed by atoms with Crippen LogP contribution in [0.3, 0.4) is 0 Å². The van der Waals surface area contributed by atoms with Gasteiger partial charge in [-0.25, -0.2) is 0 Å². The van der Waals surface area contributed by atoms with Crippen LogP contribution in [-0.4, -0.2) is 31.4 Å². The van der Waals surface area contributed by atoms with Crippen molar-refractivity contribution in [2.24, 2.45) is 11.0 Å². The van der Waals surface area contributed by atoms with E-state index in [2.05, 4.69) is 18.1 Å². The topological polar surface area (TPSA) is 50.9 Å². The van der Waals surface area contributed by atoms with E-state index in [0.29, 0.717) is 11.8 Å². The van der Waals surface area contributed by atoms with Crippen molar-refractivity contribution in [1.82, 2.24) is 5.01 Å². The molecule has 0 spiro atoms. The lowest BCUT2D eigenvalue weighted by Gasteiger charge is -2.32. The Morgan fingerprint density at radius 2 is 2.00 bits per heavy atom. The van der Waals surface area contributed by atoms with E-state index in [-0.39, 0.29) is 0 Å². The molecule has 114 valence electrons. The van der Waals surface area contributed by atoms with Crippen LogP contribution in [-0.2, 0) is 0 Å². The second-order valence-corrected chi connectivity index (χ2v) is 6.22. The molecule has 1 aromatic rings. The molecule has 1 saturated carbocycles. The maximum absolute atomic E-state index is 5.90. The molecule has 2 unspecified atom stereocenters. The van der Waals surface area contributed by atoms with E-state index in [1.54, 1.807) is 7.11 Å². The van der Waals surface area contributed by atoms with E-state index < -0.39 is 0 Å². The normalized spacial score (nSPS) is 25.8. The highest BCUT2D eigenvalue weighted by Gasteiger charge is 2.33. The Balaban J connectivity index is 1.93. The first-order chi connectivity index (χ1) is 10.2. The van der Waals surface area contributed by atoms with E-state index in [9.17, 15) is 0 Å². The van der Waals surface area contributed by atoms with E-state index in [1.807, 2.05) is 12.1 Å². The number of hydrogen-bond donors (Lipinski definition) is 1. The smallest absolute Gasteiger partial charge is 0.124 e. The first-order valence-corrected chi connectivity index (χ1v) is 7.91. The number of nitrogens with two attached hydrogens (primary N) is 1. The summed E-state index contributed by atoms with van der Waals surface area (Å²) in [5, 5.41) is 6.82. The number of rotatable bonds is 3. The maximum Gasteiger partial charge on any atom is 0.124 e. The molecule has 1 aliphatic carbocycles. The standard InChI is InChI=1S/C17H25N3O/c1-20-10-9-16(19-20)14-6-4-3-5-13(14)15-8-7-12(18)11-17(15)21-2/h7-8,11,13-14H,3-6,9-10,18H2,1-2H3. The van der Waals surface area contributed by atoms with Crippen molar-refractivity contribution in [3.63, 3.8) is 0 Å². The van der Waals surface area contributed by atoms with Crippen LogP contribution in [0.2, 0.25) is 0 Å². The summed E-state index contributed by atoms with van der Waals surface area (Å²) < 4.78 is 5.58. The van der Waals surface area contributed by atoms with Gasteiger partial charge in [0.15, 0.2) is 0 Å². The molecule has 1 aliphatic heterocycles. The molecule has 4 heteroatoms. The monoisotopic (exact) mass is 287 g/mol. The molecule has 0 amide bonds. The van der Waals surface area contributed by atoms with Crippen molar-refractivity contribution < 1.29 is 4.74 Å². The van der Waals surface area contributed by atoms with Crippen LogP contribution >= 0.6 is 0 Å². The van der Waals surface area contributed by atoms with Crippen LogP contribution in [0.4, 0.5) is 5.69 Å². The molecular weight excluding hydrogens is 262 g/mol. The second kappa shape index (κ2) is 5.96. The Hall–Kier alpha value is -1.71. The minimum atomic E-state index is 0.513. The van der Waals surface area contributed by atoms with Crippen LogP contribution in [0.5, 0.6) is 5.75 Å². The number of benzene rings is 1. The Morgan fingerprint density at radius 1 is 1.24 bits per heavy atom. The zero-order valence-corrected chi connectivity index (χ0v) is 13.0. The lowest BCUT2D eigenvalue weighted by Crippen LogP contribution is -2.25. The number of nitrogen functional groups attached to an aromatic ring is 1. The fraction of sp³-hybridized carbons (Fsp3) is 0.588. The van der Waals surface area contributed by atoms with E-state index in [1.165, 1.54) is 37.0 Å². The van der Waals surface area contributed by atoms with Gasteiger partial charge in [-0.15, -0.1) is 0 Å². The summed E-state index contributed by atoms with van der Waals surface area (Å²) in [4.78, 5) is 0. The van der Waals surface area contributed by atoms with E-state index in [4.69, 9.17) is 15.6 Å². The number of hydrogen-bond acceptors (Lipinski definition) is 4. The number of anilines is 1. The van der Waals surface area contributed by atoms with Gasteiger partial charge in [-0.2, -0.15) is 5.10 Å². The highest BCUT2D eigenvalue weighted by Crippen LogP contribution is 2.43. The van der Waals surface area contributed by atoms with Crippen LogP contribution < -0.4 is 10.5 Å². The fourth-order valence-corrected chi connectivity index (χ4v) is 3.79. The summed E-state index contributed by atoms with van der Waals surface area (Å²) >= 11 is 0. The van der Waals surface area contributed by atoms with E-state index in [0.717, 1.165) is 24.4 Å². The minimum absolute atomic E-state index is 0.513. The SMILES string of the molecule is COc1cc(N)ccc1C1CCCCC1C1=NN(C)CC1. The number of ether oxygens (including phenoxy) is 1. The van der Waals surface area contributed by atoms with Gasteiger partial charge < -0.3 is 10.5 Å². The average molecular weight is 287 g/mol. The zero-order chi connectivity index (χ0) is 14.8. The predicted octanol–water partition coefficient (Wildman–Crippen LogP) is 3.24. The third-order valence-electron chi connectivity index (χ3n) is 4.84. The van der Waals surface area contributed by atoms with Gasteiger partial charge >= 0.3 is 0 Å². The Kier molecular flexibility index (Phi) is 4.04. The fourth-order valence-electron chi connectivity index (χ4n) is 3.79. The summed E-state index contributed by atoms with van der Waals surface area (Å²) in [6, 6.07) is 6.09. The molecule has 1 aromatic carbocycles. The third-order valence-corrected chi connectivity index (χ3v) is 4.84. The van der Waals surface area contributed by atoms with Gasteiger partial charge in [-0.1, -0.05) is 18.9 Å². The number of hydrazone groups is 1. The molecule has 2 aliphatic rings. The van der Waals surface area contributed by atoms with Crippen LogP contribution in [0.1, 0.15) is 43.6 Å². The number of methoxy groups -OCH3 is 1. The quantitative estimate of drug-likeness (QED) is 0.868. The summed E-state index contributed by atoms with van der Waals surface area (Å²) in [7, 11) is 3.80.